The Hall–Kier alpha value is -1.00. The highest BCUT2D eigenvalue weighted by Crippen LogP contribution is 2.61. The average Bonchev–Trinajstić information content (AvgIpc) is 2.94. The van der Waals surface area contributed by atoms with Gasteiger partial charge in [-0.2, -0.15) is 0 Å². The molecule has 128 valence electrons. The number of halogens is 1. The Morgan fingerprint density at radius 2 is 1.87 bits per heavy atom. The van der Waals surface area contributed by atoms with Crippen LogP contribution in [0.4, 0.5) is 0 Å². The van der Waals surface area contributed by atoms with Crippen LogP contribution in [0, 0.1) is 23.2 Å². The average molecular weight is 339 g/mol. The second kappa shape index (κ2) is 6.14. The fourth-order valence-electron chi connectivity index (χ4n) is 5.75. The molecule has 5 heteroatoms. The Morgan fingerprint density at radius 3 is 2.35 bits per heavy atom. The van der Waals surface area contributed by atoms with Crippen LogP contribution < -0.4 is 11.1 Å². The van der Waals surface area contributed by atoms with Crippen LogP contribution in [-0.2, 0) is 6.54 Å². The first-order valence-electron chi connectivity index (χ1n) is 8.66. The van der Waals surface area contributed by atoms with Gasteiger partial charge < -0.3 is 15.5 Å². The molecule has 0 spiro atoms. The summed E-state index contributed by atoms with van der Waals surface area (Å²) in [5, 5.41) is 3.25. The summed E-state index contributed by atoms with van der Waals surface area (Å²) in [4.78, 5) is 12.5. The van der Waals surface area contributed by atoms with Crippen molar-refractivity contribution < 1.29 is 9.21 Å². The van der Waals surface area contributed by atoms with Gasteiger partial charge in [0.2, 0.25) is 0 Å². The summed E-state index contributed by atoms with van der Waals surface area (Å²) < 4.78 is 5.28. The van der Waals surface area contributed by atoms with E-state index in [9.17, 15) is 4.79 Å². The Kier molecular flexibility index (Phi) is 4.49. The molecule has 1 atom stereocenters. The molecule has 4 aliphatic carbocycles. The van der Waals surface area contributed by atoms with E-state index >= 15 is 0 Å². The predicted molar refractivity (Wildman–Crippen MR) is 91.4 cm³/mol. The highest BCUT2D eigenvalue weighted by atomic mass is 35.5. The van der Waals surface area contributed by atoms with Crippen molar-refractivity contribution in [2.75, 3.05) is 0 Å². The number of hydrogen-bond donors (Lipinski definition) is 2. The molecule has 4 bridgehead atoms. The molecule has 1 aromatic rings. The van der Waals surface area contributed by atoms with Gasteiger partial charge in [-0.3, -0.25) is 4.79 Å². The highest BCUT2D eigenvalue weighted by molar-refractivity contribution is 5.94. The van der Waals surface area contributed by atoms with Gasteiger partial charge in [0, 0.05) is 6.04 Å². The summed E-state index contributed by atoms with van der Waals surface area (Å²) in [6.45, 7) is 2.53. The summed E-state index contributed by atoms with van der Waals surface area (Å²) in [5.74, 6) is 3.36. The molecule has 5 rings (SSSR count). The maximum atomic E-state index is 12.5. The van der Waals surface area contributed by atoms with Crippen molar-refractivity contribution in [3.8, 4) is 0 Å². The minimum atomic E-state index is -0.0216. The van der Waals surface area contributed by atoms with Crippen LogP contribution >= 0.6 is 12.4 Å². The number of carbonyl (C=O) groups is 1. The standard InChI is InChI=1S/C18H26N2O2.ClH/c1-11(20-17(21)15-5-16(9-19)22-10-15)18-6-12-2-13(7-18)4-14(3-12)8-18;/h5,10-14H,2-4,6-9,19H2,1H3,(H,20,21);1H. The lowest BCUT2D eigenvalue weighted by molar-refractivity contribution is -0.0688. The zero-order chi connectivity index (χ0) is 15.3. The van der Waals surface area contributed by atoms with Crippen molar-refractivity contribution in [1.29, 1.82) is 0 Å². The van der Waals surface area contributed by atoms with E-state index in [0.717, 1.165) is 17.8 Å². The number of rotatable bonds is 4. The maximum Gasteiger partial charge on any atom is 0.254 e. The van der Waals surface area contributed by atoms with Crippen LogP contribution in [0.1, 0.15) is 61.6 Å². The van der Waals surface area contributed by atoms with Gasteiger partial charge >= 0.3 is 0 Å². The molecule has 4 fully saturated rings. The maximum absolute atomic E-state index is 12.5. The van der Waals surface area contributed by atoms with Gasteiger partial charge in [0.25, 0.3) is 5.91 Å². The second-order valence-electron chi connectivity index (χ2n) is 7.98. The molecule has 1 unspecified atom stereocenters. The fourth-order valence-corrected chi connectivity index (χ4v) is 5.75. The Labute approximate surface area is 144 Å². The van der Waals surface area contributed by atoms with Crippen LogP contribution in [0.5, 0.6) is 0 Å². The van der Waals surface area contributed by atoms with E-state index in [1.54, 1.807) is 6.07 Å². The lowest BCUT2D eigenvalue weighted by Gasteiger charge is -2.59. The zero-order valence-electron chi connectivity index (χ0n) is 13.7. The predicted octanol–water partition coefficient (Wildman–Crippen LogP) is 3.49. The van der Waals surface area contributed by atoms with E-state index in [-0.39, 0.29) is 24.4 Å². The Morgan fingerprint density at radius 1 is 1.30 bits per heavy atom. The molecule has 0 aliphatic heterocycles. The van der Waals surface area contributed by atoms with Gasteiger partial charge in [-0.25, -0.2) is 0 Å². The van der Waals surface area contributed by atoms with Gasteiger partial charge in [0.05, 0.1) is 12.1 Å². The van der Waals surface area contributed by atoms with E-state index in [1.165, 1.54) is 44.8 Å². The van der Waals surface area contributed by atoms with Crippen LogP contribution in [0.2, 0.25) is 0 Å². The molecule has 0 saturated heterocycles. The number of carbonyl (C=O) groups excluding carboxylic acids is 1. The molecule has 0 radical (unpaired) electrons. The zero-order valence-corrected chi connectivity index (χ0v) is 14.5. The highest BCUT2D eigenvalue weighted by Gasteiger charge is 2.53. The van der Waals surface area contributed by atoms with Crippen molar-refractivity contribution in [2.45, 2.75) is 58.0 Å². The summed E-state index contributed by atoms with van der Waals surface area (Å²) in [7, 11) is 0. The van der Waals surface area contributed by atoms with Crippen LogP contribution in [0.15, 0.2) is 16.7 Å². The van der Waals surface area contributed by atoms with Crippen molar-refractivity contribution in [1.82, 2.24) is 5.32 Å². The van der Waals surface area contributed by atoms with Gasteiger partial charge in [0.15, 0.2) is 0 Å². The number of furan rings is 1. The third-order valence-electron chi connectivity index (χ3n) is 6.47. The quantitative estimate of drug-likeness (QED) is 0.882. The lowest BCUT2D eigenvalue weighted by Crippen LogP contribution is -2.55. The number of amides is 1. The molecule has 1 aromatic heterocycles. The first kappa shape index (κ1) is 16.8. The van der Waals surface area contributed by atoms with E-state index < -0.39 is 0 Å². The molecular weight excluding hydrogens is 312 g/mol. The molecular formula is C18H27ClN2O2. The monoisotopic (exact) mass is 338 g/mol. The molecule has 0 aromatic carbocycles. The second-order valence-corrected chi connectivity index (χ2v) is 7.98. The van der Waals surface area contributed by atoms with Crippen LogP contribution in [0.25, 0.3) is 0 Å². The van der Waals surface area contributed by atoms with Gasteiger partial charge in [-0.15, -0.1) is 12.4 Å². The third kappa shape index (κ3) is 2.91. The largest absolute Gasteiger partial charge is 0.467 e. The van der Waals surface area contributed by atoms with Crippen LogP contribution in [-0.4, -0.2) is 11.9 Å². The summed E-state index contributed by atoms with van der Waals surface area (Å²) in [6, 6.07) is 1.99. The fraction of sp³-hybridized carbons (Fsp3) is 0.722. The number of hydrogen-bond acceptors (Lipinski definition) is 3. The van der Waals surface area contributed by atoms with Crippen molar-refractivity contribution in [3.05, 3.63) is 23.7 Å². The van der Waals surface area contributed by atoms with Gasteiger partial charge in [0.1, 0.15) is 12.0 Å². The minimum Gasteiger partial charge on any atom is -0.467 e. The van der Waals surface area contributed by atoms with E-state index in [4.69, 9.17) is 10.2 Å². The summed E-state index contributed by atoms with van der Waals surface area (Å²) in [6.07, 6.45) is 9.73. The third-order valence-corrected chi connectivity index (χ3v) is 6.47. The summed E-state index contributed by atoms with van der Waals surface area (Å²) >= 11 is 0. The topological polar surface area (TPSA) is 68.3 Å². The normalized spacial score (nSPS) is 35.7. The van der Waals surface area contributed by atoms with Crippen molar-refractivity contribution >= 4 is 18.3 Å². The number of nitrogens with two attached hydrogens (primary N) is 1. The molecule has 4 nitrogen and oxygen atoms in total. The molecule has 1 amide bonds. The first-order chi connectivity index (χ1) is 10.6. The lowest BCUT2D eigenvalue weighted by atomic mass is 9.48. The van der Waals surface area contributed by atoms with Crippen LogP contribution in [0.3, 0.4) is 0 Å². The Balaban J connectivity index is 0.00000156. The molecule has 1 heterocycles. The van der Waals surface area contributed by atoms with Gasteiger partial charge in [-0.1, -0.05) is 0 Å². The molecule has 4 aliphatic rings. The van der Waals surface area contributed by atoms with E-state index in [1.807, 2.05) is 0 Å². The number of nitrogens with one attached hydrogen (secondary N) is 1. The SMILES string of the molecule is CC(NC(=O)c1coc(CN)c1)C12CC3CC(CC(C3)C1)C2.Cl. The molecule has 23 heavy (non-hydrogen) atoms. The summed E-state index contributed by atoms with van der Waals surface area (Å²) in [5.41, 5.74) is 6.47. The molecule has 3 N–H and O–H groups in total. The van der Waals surface area contributed by atoms with Gasteiger partial charge in [-0.05, 0) is 74.7 Å². The Bertz CT molecular complexity index is 548. The molecule has 4 saturated carbocycles. The smallest absolute Gasteiger partial charge is 0.254 e. The van der Waals surface area contributed by atoms with E-state index in [2.05, 4.69) is 12.2 Å². The minimum absolute atomic E-state index is 0. The van der Waals surface area contributed by atoms with Crippen molar-refractivity contribution in [2.24, 2.45) is 28.9 Å². The first-order valence-corrected chi connectivity index (χ1v) is 8.66. The van der Waals surface area contributed by atoms with Crippen molar-refractivity contribution in [3.63, 3.8) is 0 Å². The van der Waals surface area contributed by atoms with E-state index in [0.29, 0.717) is 23.3 Å².